The van der Waals surface area contributed by atoms with Crippen molar-refractivity contribution >= 4 is 5.91 Å². The van der Waals surface area contributed by atoms with Crippen LogP contribution in [0.25, 0.3) is 0 Å². The maximum absolute atomic E-state index is 13.3. The molecule has 0 spiro atoms. The third kappa shape index (κ3) is 36.2. The zero-order chi connectivity index (χ0) is 57.4. The highest BCUT2D eigenvalue weighted by atomic mass is 16.7. The van der Waals surface area contributed by atoms with Gasteiger partial charge in [-0.05, 0) is 19.3 Å². The van der Waals surface area contributed by atoms with Gasteiger partial charge in [-0.15, -0.1) is 0 Å². The lowest BCUT2D eigenvalue weighted by Gasteiger charge is -2.46. The molecule has 2 fully saturated rings. The lowest BCUT2D eigenvalue weighted by Crippen LogP contribution is -2.65. The van der Waals surface area contributed by atoms with Gasteiger partial charge in [0.1, 0.15) is 48.8 Å². The number of carbonyl (C=O) groups is 1. The molecule has 0 aromatic rings. The summed E-state index contributed by atoms with van der Waals surface area (Å²) in [6.45, 7) is 2.85. The van der Waals surface area contributed by atoms with Gasteiger partial charge < -0.3 is 65.1 Å². The molecule has 2 rings (SSSR count). The second kappa shape index (κ2) is 51.2. The fourth-order valence-corrected chi connectivity index (χ4v) is 11.4. The summed E-state index contributed by atoms with van der Waals surface area (Å²) in [6, 6.07) is -0.910. The van der Waals surface area contributed by atoms with Crippen LogP contribution in [0.3, 0.4) is 0 Å². The van der Waals surface area contributed by atoms with Gasteiger partial charge in [-0.25, -0.2) is 0 Å². The van der Waals surface area contributed by atoms with Crippen molar-refractivity contribution in [3.05, 3.63) is 12.2 Å². The van der Waals surface area contributed by atoms with Crippen molar-refractivity contribution in [2.45, 2.75) is 376 Å². The van der Waals surface area contributed by atoms with Gasteiger partial charge in [-0.2, -0.15) is 0 Å². The predicted molar refractivity (Wildman–Crippen MR) is 319 cm³/mol. The van der Waals surface area contributed by atoms with Crippen molar-refractivity contribution < 1.29 is 64.6 Å². The van der Waals surface area contributed by atoms with Gasteiger partial charge in [0.05, 0.1) is 32.0 Å². The second-order valence-corrected chi connectivity index (χ2v) is 24.0. The van der Waals surface area contributed by atoms with Crippen LogP contribution in [0.4, 0.5) is 0 Å². The zero-order valence-electron chi connectivity index (χ0n) is 50.6. The molecule has 0 radical (unpaired) electrons. The fourth-order valence-electron chi connectivity index (χ4n) is 11.4. The predicted octanol–water partition coefficient (Wildman–Crippen LogP) is 12.6. The highest BCUT2D eigenvalue weighted by Crippen LogP contribution is 2.30. The minimum atomic E-state index is -1.79. The van der Waals surface area contributed by atoms with Crippen LogP contribution in [-0.2, 0) is 23.7 Å². The molecule has 14 nitrogen and oxygen atoms in total. The number of unbranched alkanes of at least 4 members (excludes halogenated alkanes) is 42. The lowest BCUT2D eigenvalue weighted by molar-refractivity contribution is -0.359. The number of ether oxygens (including phenoxy) is 4. The van der Waals surface area contributed by atoms with Gasteiger partial charge in [0, 0.05) is 6.42 Å². The van der Waals surface area contributed by atoms with Gasteiger partial charge >= 0.3 is 0 Å². The number of amides is 1. The summed E-state index contributed by atoms with van der Waals surface area (Å²) in [5.74, 6) is -0.232. The first-order chi connectivity index (χ1) is 38.6. The number of carbonyl (C=O) groups excluding carboxylic acids is 1. The van der Waals surface area contributed by atoms with Gasteiger partial charge in [0.25, 0.3) is 0 Å². The van der Waals surface area contributed by atoms with Crippen molar-refractivity contribution in [2.75, 3.05) is 19.8 Å². The maximum atomic E-state index is 13.3. The van der Waals surface area contributed by atoms with E-state index in [4.69, 9.17) is 18.9 Å². The summed E-state index contributed by atoms with van der Waals surface area (Å²) in [6.07, 6.45) is 44.0. The molecular weight excluding hydrogens is 1000 g/mol. The van der Waals surface area contributed by atoms with Crippen LogP contribution in [0.5, 0.6) is 0 Å². The number of hydrogen-bond donors (Lipinski definition) is 9. The first kappa shape index (κ1) is 73.8. The molecule has 12 atom stereocenters. The molecule has 0 saturated carbocycles. The summed E-state index contributed by atoms with van der Waals surface area (Å²) < 4.78 is 22.8. The molecule has 0 bridgehead atoms. The quantitative estimate of drug-likeness (QED) is 0.0204. The molecule has 2 aliphatic rings. The monoisotopic (exact) mass is 1130 g/mol. The van der Waals surface area contributed by atoms with E-state index in [2.05, 4.69) is 19.2 Å². The molecule has 0 aromatic heterocycles. The number of rotatable bonds is 55. The van der Waals surface area contributed by atoms with Crippen LogP contribution in [0.15, 0.2) is 12.2 Å². The van der Waals surface area contributed by atoms with Gasteiger partial charge in [0.15, 0.2) is 12.6 Å². The Bertz CT molecular complexity index is 1380. The molecule has 0 aromatic carbocycles. The first-order valence-electron chi connectivity index (χ1n) is 33.4. The van der Waals surface area contributed by atoms with E-state index < -0.39 is 86.8 Å². The Morgan fingerprint density at radius 1 is 0.443 bits per heavy atom. The number of nitrogens with one attached hydrogen (secondary N) is 1. The topological polar surface area (TPSA) is 228 Å². The minimum Gasteiger partial charge on any atom is -0.394 e. The van der Waals surface area contributed by atoms with E-state index in [1.165, 1.54) is 238 Å². The average Bonchev–Trinajstić information content (AvgIpc) is 3.48. The smallest absolute Gasteiger partial charge is 0.220 e. The maximum Gasteiger partial charge on any atom is 0.220 e. The Morgan fingerprint density at radius 3 is 1.16 bits per heavy atom. The third-order valence-electron chi connectivity index (χ3n) is 16.7. The fraction of sp³-hybridized carbons (Fsp3) is 0.954. The molecule has 12 unspecified atom stereocenters. The summed E-state index contributed by atoms with van der Waals surface area (Å²) in [5.41, 5.74) is 0. The van der Waals surface area contributed by atoms with Crippen molar-refractivity contribution in [2.24, 2.45) is 0 Å². The molecule has 2 heterocycles. The number of hydrogen-bond acceptors (Lipinski definition) is 13. The molecule has 2 aliphatic heterocycles. The zero-order valence-corrected chi connectivity index (χ0v) is 50.6. The van der Waals surface area contributed by atoms with E-state index in [0.717, 1.165) is 38.5 Å². The largest absolute Gasteiger partial charge is 0.394 e. The van der Waals surface area contributed by atoms with Crippen molar-refractivity contribution in [1.29, 1.82) is 0 Å². The highest BCUT2D eigenvalue weighted by molar-refractivity contribution is 5.76. The lowest BCUT2D eigenvalue weighted by atomic mass is 9.97. The van der Waals surface area contributed by atoms with Crippen molar-refractivity contribution in [1.82, 2.24) is 5.32 Å². The molecule has 9 N–H and O–H groups in total. The Hall–Kier alpha value is -1.27. The van der Waals surface area contributed by atoms with Crippen LogP contribution in [0.1, 0.15) is 303 Å². The molecule has 14 heteroatoms. The number of allylic oxidation sites excluding steroid dienone is 1. The normalized spacial score (nSPS) is 24.4. The first-order valence-corrected chi connectivity index (χ1v) is 33.4. The Kier molecular flexibility index (Phi) is 47.8. The molecule has 1 amide bonds. The summed E-state index contributed by atoms with van der Waals surface area (Å²) in [5, 5.41) is 87.3. The highest BCUT2D eigenvalue weighted by Gasteiger charge is 2.51. The Balaban J connectivity index is 1.71. The average molecular weight is 1130 g/mol. The van der Waals surface area contributed by atoms with E-state index in [-0.39, 0.29) is 18.9 Å². The molecule has 0 aliphatic carbocycles. The SMILES string of the molecule is CCCCCCCCCCCCCCCCCCCCCCC/C=C/C(O)C(COC1OC(CO)C(OC2OC(CO)C(O)C(O)C2O)C(O)C1O)NC(=O)CCCCCCCCCCCCCCCCCCCCCCCC. The van der Waals surface area contributed by atoms with Gasteiger partial charge in [-0.1, -0.05) is 289 Å². The van der Waals surface area contributed by atoms with E-state index in [9.17, 15) is 45.6 Å². The molecular formula is C65H125NO13. The van der Waals surface area contributed by atoms with Crippen LogP contribution in [0.2, 0.25) is 0 Å². The Labute approximate surface area is 482 Å². The third-order valence-corrected chi connectivity index (χ3v) is 16.7. The van der Waals surface area contributed by atoms with Gasteiger partial charge in [0.2, 0.25) is 5.91 Å². The number of aliphatic hydroxyl groups is 8. The van der Waals surface area contributed by atoms with E-state index >= 15 is 0 Å². The molecule has 79 heavy (non-hydrogen) atoms. The van der Waals surface area contributed by atoms with Crippen LogP contribution in [0, 0.1) is 0 Å². The van der Waals surface area contributed by atoms with E-state index in [1.807, 2.05) is 6.08 Å². The van der Waals surface area contributed by atoms with Crippen LogP contribution in [-0.4, -0.2) is 140 Å². The van der Waals surface area contributed by atoms with Gasteiger partial charge in [-0.3, -0.25) is 4.79 Å². The van der Waals surface area contributed by atoms with Crippen LogP contribution < -0.4 is 5.32 Å². The van der Waals surface area contributed by atoms with E-state index in [1.54, 1.807) is 6.08 Å². The van der Waals surface area contributed by atoms with Crippen molar-refractivity contribution in [3.63, 3.8) is 0 Å². The molecule has 468 valence electrons. The standard InChI is InChI=1S/C65H125NO13/c1-3-5-7-9-11-13-15-17-19-21-23-25-27-28-30-32-34-36-38-40-42-44-46-48-54(69)53(52-76-64-62(75)60(73)63(56(51-68)78-64)79-65-61(74)59(72)58(71)55(50-67)77-65)66-57(70)49-47-45-43-41-39-37-35-33-31-29-26-24-22-20-18-16-14-12-10-8-6-4-2/h46,48,53-56,58-65,67-69,71-75H,3-45,47,49-52H2,1-2H3,(H,66,70)/b48-46+. The summed E-state index contributed by atoms with van der Waals surface area (Å²) in [7, 11) is 0. The minimum absolute atomic E-state index is 0.232. The second-order valence-electron chi connectivity index (χ2n) is 24.0. The molecule has 2 saturated heterocycles. The number of aliphatic hydroxyl groups excluding tert-OH is 8. The van der Waals surface area contributed by atoms with Crippen molar-refractivity contribution in [3.8, 4) is 0 Å². The Morgan fingerprint density at radius 2 is 0.785 bits per heavy atom. The summed E-state index contributed by atoms with van der Waals surface area (Å²) >= 11 is 0. The van der Waals surface area contributed by atoms with E-state index in [0.29, 0.717) is 6.42 Å². The van der Waals surface area contributed by atoms with Crippen LogP contribution >= 0.6 is 0 Å². The summed E-state index contributed by atoms with van der Waals surface area (Å²) in [4.78, 5) is 13.3.